The molecule has 0 aromatic heterocycles. The first kappa shape index (κ1) is 18.2. The maximum absolute atomic E-state index is 13.1. The number of rotatable bonds is 4. The predicted molar refractivity (Wildman–Crippen MR) is 106 cm³/mol. The van der Waals surface area contributed by atoms with E-state index in [0.29, 0.717) is 30.6 Å². The summed E-state index contributed by atoms with van der Waals surface area (Å²) in [4.78, 5) is 41.5. The topological polar surface area (TPSA) is 69.7 Å². The van der Waals surface area contributed by atoms with Crippen molar-refractivity contribution in [1.29, 1.82) is 0 Å². The molecular formula is C22H23N3O3. The Labute approximate surface area is 164 Å². The van der Waals surface area contributed by atoms with Crippen LogP contribution in [-0.2, 0) is 16.1 Å². The van der Waals surface area contributed by atoms with E-state index >= 15 is 0 Å². The summed E-state index contributed by atoms with van der Waals surface area (Å²) in [5.74, 6) is -0.476. The molecule has 1 atom stereocenters. The predicted octanol–water partition coefficient (Wildman–Crippen LogP) is 2.61. The Kier molecular flexibility index (Phi) is 4.41. The normalized spacial score (nSPS) is 20.8. The SMILES string of the molecule is Cc1ccc(CNC(=O)CN2C(=O)c3ccccc3N3C(=O)CCC23C)cc1. The van der Waals surface area contributed by atoms with Gasteiger partial charge in [-0.05, 0) is 38.0 Å². The number of nitrogens with one attached hydrogen (secondary N) is 1. The largest absolute Gasteiger partial charge is 0.350 e. The Bertz CT molecular complexity index is 954. The molecule has 1 N–H and O–H groups in total. The summed E-state index contributed by atoms with van der Waals surface area (Å²) in [5.41, 5.74) is 2.43. The molecule has 0 aliphatic carbocycles. The summed E-state index contributed by atoms with van der Waals surface area (Å²) in [5, 5.41) is 2.88. The summed E-state index contributed by atoms with van der Waals surface area (Å²) in [6.07, 6.45) is 0.872. The first-order chi connectivity index (χ1) is 13.4. The van der Waals surface area contributed by atoms with Crippen molar-refractivity contribution in [2.75, 3.05) is 11.4 Å². The van der Waals surface area contributed by atoms with Gasteiger partial charge in [-0.3, -0.25) is 19.3 Å². The van der Waals surface area contributed by atoms with E-state index in [0.717, 1.165) is 11.1 Å². The molecule has 6 nitrogen and oxygen atoms in total. The van der Waals surface area contributed by atoms with E-state index in [2.05, 4.69) is 5.32 Å². The zero-order valence-corrected chi connectivity index (χ0v) is 16.1. The van der Waals surface area contributed by atoms with Gasteiger partial charge in [-0.2, -0.15) is 0 Å². The molecular weight excluding hydrogens is 354 g/mol. The van der Waals surface area contributed by atoms with Gasteiger partial charge in [-0.1, -0.05) is 42.0 Å². The molecule has 28 heavy (non-hydrogen) atoms. The maximum atomic E-state index is 13.1. The fourth-order valence-electron chi connectivity index (χ4n) is 4.05. The number of benzene rings is 2. The van der Waals surface area contributed by atoms with Crippen molar-refractivity contribution < 1.29 is 14.4 Å². The van der Waals surface area contributed by atoms with Crippen LogP contribution in [0.15, 0.2) is 48.5 Å². The van der Waals surface area contributed by atoms with Crippen LogP contribution in [-0.4, -0.2) is 34.8 Å². The standard InChI is InChI=1S/C22H23N3O3/c1-15-7-9-16(10-8-15)13-23-19(26)14-24-21(28)17-5-3-4-6-18(17)25-20(27)11-12-22(24,25)2/h3-10H,11-14H2,1-2H3,(H,23,26). The average Bonchev–Trinajstić information content (AvgIpc) is 3.00. The minimum absolute atomic E-state index is 0.0208. The second-order valence-corrected chi connectivity index (χ2v) is 7.62. The van der Waals surface area contributed by atoms with Crippen LogP contribution < -0.4 is 10.2 Å². The molecule has 2 aromatic rings. The average molecular weight is 377 g/mol. The van der Waals surface area contributed by atoms with E-state index in [4.69, 9.17) is 0 Å². The molecule has 2 aliphatic heterocycles. The molecule has 1 fully saturated rings. The highest BCUT2D eigenvalue weighted by Gasteiger charge is 2.53. The molecule has 1 unspecified atom stereocenters. The number of fused-ring (bicyclic) bond motifs is 3. The van der Waals surface area contributed by atoms with Crippen molar-refractivity contribution in [2.45, 2.75) is 38.9 Å². The lowest BCUT2D eigenvalue weighted by atomic mass is 9.98. The third-order valence-corrected chi connectivity index (χ3v) is 5.66. The van der Waals surface area contributed by atoms with Gasteiger partial charge in [0, 0.05) is 13.0 Å². The van der Waals surface area contributed by atoms with Crippen LogP contribution in [0, 0.1) is 6.92 Å². The molecule has 4 rings (SSSR count). The zero-order valence-electron chi connectivity index (χ0n) is 16.1. The highest BCUT2D eigenvalue weighted by atomic mass is 16.2. The summed E-state index contributed by atoms with van der Waals surface area (Å²) < 4.78 is 0. The van der Waals surface area contributed by atoms with Gasteiger partial charge in [0.25, 0.3) is 5.91 Å². The van der Waals surface area contributed by atoms with E-state index in [1.807, 2.05) is 44.2 Å². The van der Waals surface area contributed by atoms with Gasteiger partial charge in [0.05, 0.1) is 11.3 Å². The number of anilines is 1. The van der Waals surface area contributed by atoms with Gasteiger partial charge in [-0.15, -0.1) is 0 Å². The fraction of sp³-hybridized carbons (Fsp3) is 0.318. The van der Waals surface area contributed by atoms with E-state index in [9.17, 15) is 14.4 Å². The van der Waals surface area contributed by atoms with Crippen molar-refractivity contribution in [2.24, 2.45) is 0 Å². The van der Waals surface area contributed by atoms with Gasteiger partial charge >= 0.3 is 0 Å². The first-order valence-corrected chi connectivity index (χ1v) is 9.46. The van der Waals surface area contributed by atoms with Crippen molar-refractivity contribution >= 4 is 23.4 Å². The van der Waals surface area contributed by atoms with Crippen LogP contribution in [0.3, 0.4) is 0 Å². The molecule has 2 heterocycles. The van der Waals surface area contributed by atoms with Crippen molar-refractivity contribution in [1.82, 2.24) is 10.2 Å². The summed E-state index contributed by atoms with van der Waals surface area (Å²) in [7, 11) is 0. The maximum Gasteiger partial charge on any atom is 0.258 e. The van der Waals surface area contributed by atoms with Crippen molar-refractivity contribution in [3.63, 3.8) is 0 Å². The summed E-state index contributed by atoms with van der Waals surface area (Å²) in [6.45, 7) is 4.19. The van der Waals surface area contributed by atoms with Crippen molar-refractivity contribution in [3.05, 3.63) is 65.2 Å². The van der Waals surface area contributed by atoms with E-state index in [1.165, 1.54) is 4.90 Å². The highest BCUT2D eigenvalue weighted by molar-refractivity contribution is 6.11. The Morgan fingerprint density at radius 2 is 1.82 bits per heavy atom. The third-order valence-electron chi connectivity index (χ3n) is 5.66. The van der Waals surface area contributed by atoms with Crippen LogP contribution in [0.25, 0.3) is 0 Å². The van der Waals surface area contributed by atoms with Crippen LogP contribution in [0.1, 0.15) is 41.3 Å². The van der Waals surface area contributed by atoms with E-state index < -0.39 is 5.66 Å². The Morgan fingerprint density at radius 1 is 1.11 bits per heavy atom. The van der Waals surface area contributed by atoms with Gasteiger partial charge in [0.2, 0.25) is 11.8 Å². The first-order valence-electron chi connectivity index (χ1n) is 9.46. The van der Waals surface area contributed by atoms with Crippen LogP contribution >= 0.6 is 0 Å². The number of aryl methyl sites for hydroxylation is 1. The number of hydrogen-bond donors (Lipinski definition) is 1. The smallest absolute Gasteiger partial charge is 0.258 e. The molecule has 2 aliphatic rings. The number of carbonyl (C=O) groups is 3. The monoisotopic (exact) mass is 377 g/mol. The van der Waals surface area contributed by atoms with Crippen LogP contribution in [0.2, 0.25) is 0 Å². The van der Waals surface area contributed by atoms with Crippen molar-refractivity contribution in [3.8, 4) is 0 Å². The fourth-order valence-corrected chi connectivity index (χ4v) is 4.05. The van der Waals surface area contributed by atoms with Gasteiger partial charge in [0.15, 0.2) is 0 Å². The second-order valence-electron chi connectivity index (χ2n) is 7.62. The van der Waals surface area contributed by atoms with E-state index in [-0.39, 0.29) is 24.3 Å². The molecule has 0 bridgehead atoms. The summed E-state index contributed by atoms with van der Waals surface area (Å²) >= 11 is 0. The number of carbonyl (C=O) groups excluding carboxylic acids is 3. The lowest BCUT2D eigenvalue weighted by Crippen LogP contribution is -2.63. The van der Waals surface area contributed by atoms with Gasteiger partial charge < -0.3 is 10.2 Å². The van der Waals surface area contributed by atoms with E-state index in [1.54, 1.807) is 23.1 Å². The molecule has 144 valence electrons. The molecule has 6 heteroatoms. The minimum Gasteiger partial charge on any atom is -0.350 e. The lowest BCUT2D eigenvalue weighted by molar-refractivity contribution is -0.124. The minimum atomic E-state index is -0.816. The van der Waals surface area contributed by atoms with Gasteiger partial charge in [0.1, 0.15) is 12.2 Å². The Morgan fingerprint density at radius 3 is 2.57 bits per heavy atom. The molecule has 2 aromatic carbocycles. The number of hydrogen-bond acceptors (Lipinski definition) is 3. The van der Waals surface area contributed by atoms with Crippen LogP contribution in [0.5, 0.6) is 0 Å². The summed E-state index contributed by atoms with van der Waals surface area (Å²) in [6, 6.07) is 15.0. The number of amides is 3. The molecule has 0 radical (unpaired) electrons. The Hall–Kier alpha value is -3.15. The highest BCUT2D eigenvalue weighted by Crippen LogP contribution is 2.43. The quantitative estimate of drug-likeness (QED) is 0.890. The van der Waals surface area contributed by atoms with Gasteiger partial charge in [-0.25, -0.2) is 0 Å². The number of para-hydroxylation sites is 1. The number of nitrogens with zero attached hydrogens (tertiary/aromatic N) is 2. The van der Waals surface area contributed by atoms with Crippen LogP contribution in [0.4, 0.5) is 5.69 Å². The third kappa shape index (κ3) is 2.95. The molecule has 0 saturated carbocycles. The molecule has 1 saturated heterocycles. The molecule has 3 amide bonds. The lowest BCUT2D eigenvalue weighted by Gasteiger charge is -2.48. The Balaban J connectivity index is 1.55. The second kappa shape index (κ2) is 6.78. The molecule has 0 spiro atoms. The zero-order chi connectivity index (χ0) is 19.9.